The van der Waals surface area contributed by atoms with Gasteiger partial charge >= 0.3 is 0 Å². The summed E-state index contributed by atoms with van der Waals surface area (Å²) >= 11 is 7.29. The number of thiophene rings is 1. The zero-order valence-electron chi connectivity index (χ0n) is 15.9. The molecule has 0 amide bonds. The van der Waals surface area contributed by atoms with Crippen molar-refractivity contribution < 1.29 is 0 Å². The molecular formula is C23H15ClN4OS. The molecule has 0 spiro atoms. The minimum absolute atomic E-state index is 0.138. The van der Waals surface area contributed by atoms with Crippen LogP contribution >= 0.6 is 22.9 Å². The molecule has 30 heavy (non-hydrogen) atoms. The van der Waals surface area contributed by atoms with Gasteiger partial charge < -0.3 is 0 Å². The van der Waals surface area contributed by atoms with E-state index in [0.29, 0.717) is 25.8 Å². The Kier molecular flexibility index (Phi) is 4.65. The summed E-state index contributed by atoms with van der Waals surface area (Å²) in [6.07, 6.45) is 5.60. The second-order valence-corrected chi connectivity index (χ2v) is 8.23. The van der Waals surface area contributed by atoms with Gasteiger partial charge in [-0.3, -0.25) is 9.36 Å². The number of fused-ring (bicyclic) bond motifs is 3. The largest absolute Gasteiger partial charge is 0.275 e. The number of aromatic nitrogens is 4. The first kappa shape index (κ1) is 18.7. The predicted octanol–water partition coefficient (Wildman–Crippen LogP) is 5.52. The summed E-state index contributed by atoms with van der Waals surface area (Å²) in [5, 5.41) is 10.1. The Hall–Kier alpha value is -3.35. The second-order valence-electron chi connectivity index (χ2n) is 6.80. The van der Waals surface area contributed by atoms with Crippen molar-refractivity contribution in [1.82, 2.24) is 19.7 Å². The van der Waals surface area contributed by atoms with E-state index in [2.05, 4.69) is 15.2 Å². The van der Waals surface area contributed by atoms with Crippen molar-refractivity contribution in [2.45, 2.75) is 6.92 Å². The van der Waals surface area contributed by atoms with Crippen molar-refractivity contribution in [3.63, 3.8) is 0 Å². The van der Waals surface area contributed by atoms with Crippen molar-refractivity contribution in [2.75, 3.05) is 0 Å². The Balaban J connectivity index is 1.72. The van der Waals surface area contributed by atoms with Crippen LogP contribution in [0.2, 0.25) is 5.02 Å². The molecule has 0 aliphatic carbocycles. The van der Waals surface area contributed by atoms with Gasteiger partial charge in [0.15, 0.2) is 0 Å². The number of aryl methyl sites for hydroxylation is 1. The summed E-state index contributed by atoms with van der Waals surface area (Å²) in [6, 6.07) is 17.1. The zero-order chi connectivity index (χ0) is 20.7. The SMILES string of the molecule is Cc1nnc2sc3c(=O)n(-c4ccc(Cl)cc4)cnc3c2c1C=Cc1ccccc1. The second kappa shape index (κ2) is 7.48. The van der Waals surface area contributed by atoms with Crippen LogP contribution in [0.4, 0.5) is 0 Å². The van der Waals surface area contributed by atoms with Crippen LogP contribution in [-0.4, -0.2) is 19.7 Å². The molecule has 0 saturated heterocycles. The van der Waals surface area contributed by atoms with E-state index in [9.17, 15) is 4.79 Å². The Morgan fingerprint density at radius 1 is 1.00 bits per heavy atom. The fraction of sp³-hybridized carbons (Fsp3) is 0.0435. The van der Waals surface area contributed by atoms with Crippen molar-refractivity contribution in [1.29, 1.82) is 0 Å². The number of halogens is 1. The summed E-state index contributed by atoms with van der Waals surface area (Å²) in [7, 11) is 0. The van der Waals surface area contributed by atoms with Crippen LogP contribution in [0.1, 0.15) is 16.8 Å². The van der Waals surface area contributed by atoms with Gasteiger partial charge in [0.05, 0.1) is 16.9 Å². The van der Waals surface area contributed by atoms with E-state index in [-0.39, 0.29) is 5.56 Å². The Labute approximate surface area is 180 Å². The molecule has 7 heteroatoms. The van der Waals surface area contributed by atoms with Crippen LogP contribution in [-0.2, 0) is 0 Å². The van der Waals surface area contributed by atoms with E-state index >= 15 is 0 Å². The molecule has 0 N–H and O–H groups in total. The first-order chi connectivity index (χ1) is 14.6. The van der Waals surface area contributed by atoms with Crippen LogP contribution in [0, 0.1) is 6.92 Å². The molecule has 2 aromatic carbocycles. The van der Waals surface area contributed by atoms with Crippen LogP contribution in [0.3, 0.4) is 0 Å². The molecule has 0 radical (unpaired) electrons. The molecule has 0 aliphatic heterocycles. The van der Waals surface area contributed by atoms with Gasteiger partial charge in [0.2, 0.25) is 0 Å². The lowest BCUT2D eigenvalue weighted by atomic mass is 10.1. The molecule has 3 aromatic heterocycles. The van der Waals surface area contributed by atoms with E-state index in [1.807, 2.05) is 49.4 Å². The normalized spacial score (nSPS) is 11.7. The molecule has 0 saturated carbocycles. The number of benzene rings is 2. The fourth-order valence-corrected chi connectivity index (χ4v) is 4.50. The Morgan fingerprint density at radius 2 is 1.77 bits per heavy atom. The third kappa shape index (κ3) is 3.20. The minimum Gasteiger partial charge on any atom is -0.267 e. The van der Waals surface area contributed by atoms with Gasteiger partial charge in [0.25, 0.3) is 5.56 Å². The third-order valence-electron chi connectivity index (χ3n) is 4.88. The highest BCUT2D eigenvalue weighted by molar-refractivity contribution is 7.25. The van der Waals surface area contributed by atoms with Gasteiger partial charge in [-0.2, -0.15) is 5.10 Å². The standard InChI is InChI=1S/C23H15ClN4OS/c1-14-18(12-7-15-5-3-2-4-6-15)19-20-21(30-22(19)27-26-14)23(29)28(13-25-20)17-10-8-16(24)9-11-17/h2-13H,1H3. The molecular weight excluding hydrogens is 416 g/mol. The average Bonchev–Trinajstić information content (AvgIpc) is 3.15. The van der Waals surface area contributed by atoms with Gasteiger partial charge in [-0.15, -0.1) is 16.4 Å². The molecule has 5 rings (SSSR count). The predicted molar refractivity (Wildman–Crippen MR) is 123 cm³/mol. The molecule has 5 aromatic rings. The summed E-state index contributed by atoms with van der Waals surface area (Å²) in [5.74, 6) is 0. The van der Waals surface area contributed by atoms with E-state index in [4.69, 9.17) is 11.6 Å². The Bertz CT molecular complexity index is 1470. The van der Waals surface area contributed by atoms with Crippen molar-refractivity contribution in [3.05, 3.63) is 93.1 Å². The van der Waals surface area contributed by atoms with Crippen molar-refractivity contribution in [3.8, 4) is 5.69 Å². The maximum Gasteiger partial charge on any atom is 0.275 e. The molecule has 0 unspecified atom stereocenters. The van der Waals surface area contributed by atoms with E-state index in [1.165, 1.54) is 15.9 Å². The van der Waals surface area contributed by atoms with E-state index in [0.717, 1.165) is 22.2 Å². The first-order valence-electron chi connectivity index (χ1n) is 9.28. The number of nitrogens with zero attached hydrogens (tertiary/aromatic N) is 4. The highest BCUT2D eigenvalue weighted by atomic mass is 35.5. The smallest absolute Gasteiger partial charge is 0.267 e. The van der Waals surface area contributed by atoms with Gasteiger partial charge in [-0.1, -0.05) is 54.1 Å². The van der Waals surface area contributed by atoms with Gasteiger partial charge in [0.1, 0.15) is 15.9 Å². The molecule has 0 bridgehead atoms. The van der Waals surface area contributed by atoms with E-state index in [1.54, 1.807) is 30.6 Å². The van der Waals surface area contributed by atoms with Crippen LogP contribution in [0.15, 0.2) is 65.7 Å². The van der Waals surface area contributed by atoms with Crippen LogP contribution in [0.5, 0.6) is 0 Å². The van der Waals surface area contributed by atoms with Gasteiger partial charge in [-0.25, -0.2) is 4.98 Å². The van der Waals surface area contributed by atoms with E-state index < -0.39 is 0 Å². The Morgan fingerprint density at radius 3 is 2.53 bits per heavy atom. The monoisotopic (exact) mass is 430 g/mol. The third-order valence-corrected chi connectivity index (χ3v) is 6.18. The molecule has 146 valence electrons. The summed E-state index contributed by atoms with van der Waals surface area (Å²) < 4.78 is 2.07. The van der Waals surface area contributed by atoms with Gasteiger partial charge in [-0.05, 0) is 36.8 Å². The maximum absolute atomic E-state index is 13.2. The lowest BCUT2D eigenvalue weighted by Crippen LogP contribution is -2.17. The maximum atomic E-state index is 13.2. The highest BCUT2D eigenvalue weighted by Crippen LogP contribution is 2.33. The summed E-state index contributed by atoms with van der Waals surface area (Å²) in [6.45, 7) is 1.91. The zero-order valence-corrected chi connectivity index (χ0v) is 17.5. The average molecular weight is 431 g/mol. The lowest BCUT2D eigenvalue weighted by Gasteiger charge is -2.05. The first-order valence-corrected chi connectivity index (χ1v) is 10.5. The molecule has 0 fully saturated rings. The highest BCUT2D eigenvalue weighted by Gasteiger charge is 2.17. The summed E-state index contributed by atoms with van der Waals surface area (Å²) in [5.41, 5.74) is 4.02. The molecule has 5 nitrogen and oxygen atoms in total. The van der Waals surface area contributed by atoms with Crippen molar-refractivity contribution >= 4 is 55.5 Å². The molecule has 0 aliphatic rings. The molecule has 0 atom stereocenters. The topological polar surface area (TPSA) is 60.7 Å². The molecule has 3 heterocycles. The fourth-order valence-electron chi connectivity index (χ4n) is 3.36. The minimum atomic E-state index is -0.138. The van der Waals surface area contributed by atoms with Crippen LogP contribution < -0.4 is 5.56 Å². The number of hydrogen-bond donors (Lipinski definition) is 0. The van der Waals surface area contributed by atoms with Crippen LogP contribution in [0.25, 0.3) is 38.3 Å². The number of rotatable bonds is 3. The number of hydrogen-bond acceptors (Lipinski definition) is 5. The van der Waals surface area contributed by atoms with Crippen molar-refractivity contribution in [2.24, 2.45) is 0 Å². The quantitative estimate of drug-likeness (QED) is 0.378. The lowest BCUT2D eigenvalue weighted by molar-refractivity contribution is 0.967. The van der Waals surface area contributed by atoms with Gasteiger partial charge in [0, 0.05) is 16.0 Å². The summed E-state index contributed by atoms with van der Waals surface area (Å²) in [4.78, 5) is 18.5.